The lowest BCUT2D eigenvalue weighted by atomic mass is 9.98. The molecule has 0 atom stereocenters. The summed E-state index contributed by atoms with van der Waals surface area (Å²) in [6.45, 7) is 1.87. The Morgan fingerprint density at radius 3 is 2.50 bits per heavy atom. The molecule has 2 rings (SSSR count). The van der Waals surface area contributed by atoms with Gasteiger partial charge in [-0.25, -0.2) is 21.9 Å². The number of nitrogens with one attached hydrogen (secondary N) is 1. The molecule has 1 saturated heterocycles. The van der Waals surface area contributed by atoms with E-state index in [-0.39, 0.29) is 24.3 Å². The first-order chi connectivity index (χ1) is 12.3. The van der Waals surface area contributed by atoms with Gasteiger partial charge in [-0.1, -0.05) is 18.1 Å². The molecule has 0 radical (unpaired) electrons. The third kappa shape index (κ3) is 6.00. The highest BCUT2D eigenvalue weighted by molar-refractivity contribution is 7.88. The maximum Gasteiger partial charge on any atom is 0.318 e. The van der Waals surface area contributed by atoms with E-state index in [1.165, 1.54) is 27.6 Å². The maximum atomic E-state index is 13.0. The number of nitrogens with zero attached hydrogens (tertiary/aromatic N) is 2. The zero-order valence-electron chi connectivity index (χ0n) is 14.8. The number of hydrogen-bond acceptors (Lipinski definition) is 3. The lowest BCUT2D eigenvalue weighted by molar-refractivity contribution is 0.195. The predicted octanol–water partition coefficient (Wildman–Crippen LogP) is 1.64. The number of benzene rings is 1. The highest BCUT2D eigenvalue weighted by atomic mass is 32.2. The standard InChI is InChI=1S/C18H24FN3O3S/c1-3-10-21(14-16-4-6-17(19)7-5-16)18(23)20-13-15-8-11-22(12-9-15)26(2,24)25/h1,4-7,15H,8-14H2,2H3,(H,20,23). The Morgan fingerprint density at radius 2 is 1.96 bits per heavy atom. The van der Waals surface area contributed by atoms with Gasteiger partial charge in [-0.3, -0.25) is 0 Å². The van der Waals surface area contributed by atoms with Crippen molar-refractivity contribution in [2.24, 2.45) is 5.92 Å². The SMILES string of the molecule is C#CCN(Cc1ccc(F)cc1)C(=O)NCC1CCN(S(C)(=O)=O)CC1. The number of urea groups is 1. The van der Waals surface area contributed by atoms with E-state index in [9.17, 15) is 17.6 Å². The summed E-state index contributed by atoms with van der Waals surface area (Å²) < 4.78 is 37.5. The molecule has 8 heteroatoms. The van der Waals surface area contributed by atoms with Crippen molar-refractivity contribution in [2.75, 3.05) is 32.4 Å². The Balaban J connectivity index is 1.84. The van der Waals surface area contributed by atoms with Gasteiger partial charge in [0.2, 0.25) is 10.0 Å². The van der Waals surface area contributed by atoms with E-state index in [0.29, 0.717) is 39.0 Å². The molecule has 0 saturated carbocycles. The molecule has 0 bridgehead atoms. The Hall–Kier alpha value is -2.11. The second kappa shape index (κ2) is 9.01. The fraction of sp³-hybridized carbons (Fsp3) is 0.500. The number of sulfonamides is 1. The summed E-state index contributed by atoms with van der Waals surface area (Å²) in [5.74, 6) is 2.36. The number of carbonyl (C=O) groups is 1. The van der Waals surface area contributed by atoms with Crippen LogP contribution in [0.4, 0.5) is 9.18 Å². The van der Waals surface area contributed by atoms with Gasteiger partial charge in [0.25, 0.3) is 0 Å². The van der Waals surface area contributed by atoms with E-state index >= 15 is 0 Å². The molecule has 1 aromatic carbocycles. The maximum absolute atomic E-state index is 13.0. The molecule has 2 amide bonds. The van der Waals surface area contributed by atoms with Crippen LogP contribution in [0.15, 0.2) is 24.3 Å². The first-order valence-corrected chi connectivity index (χ1v) is 10.3. The number of carbonyl (C=O) groups excluding carboxylic acids is 1. The molecule has 1 aliphatic rings. The lowest BCUT2D eigenvalue weighted by Crippen LogP contribution is -2.44. The first-order valence-electron chi connectivity index (χ1n) is 8.45. The zero-order chi connectivity index (χ0) is 19.2. The summed E-state index contributed by atoms with van der Waals surface area (Å²) in [7, 11) is -3.15. The summed E-state index contributed by atoms with van der Waals surface area (Å²) in [6.07, 6.45) is 7.97. The quantitative estimate of drug-likeness (QED) is 0.762. The van der Waals surface area contributed by atoms with E-state index in [1.54, 1.807) is 12.1 Å². The number of amides is 2. The molecular formula is C18H24FN3O3S. The Kier molecular flexibility index (Phi) is 7.00. The third-order valence-electron chi connectivity index (χ3n) is 4.44. The fourth-order valence-electron chi connectivity index (χ4n) is 2.91. The molecule has 0 aromatic heterocycles. The van der Waals surface area contributed by atoms with Gasteiger partial charge in [-0.2, -0.15) is 0 Å². The second-order valence-corrected chi connectivity index (χ2v) is 8.46. The minimum atomic E-state index is -3.15. The second-order valence-electron chi connectivity index (χ2n) is 6.48. The first kappa shape index (κ1) is 20.2. The van der Waals surface area contributed by atoms with E-state index in [1.807, 2.05) is 0 Å². The monoisotopic (exact) mass is 381 g/mol. The van der Waals surface area contributed by atoms with Crippen molar-refractivity contribution in [1.29, 1.82) is 0 Å². The molecule has 1 aliphatic heterocycles. The van der Waals surface area contributed by atoms with Gasteiger partial charge >= 0.3 is 6.03 Å². The van der Waals surface area contributed by atoms with Crippen LogP contribution in [0.25, 0.3) is 0 Å². The Bertz CT molecular complexity index is 751. The van der Waals surface area contributed by atoms with Crippen LogP contribution in [0.2, 0.25) is 0 Å². The van der Waals surface area contributed by atoms with Gasteiger partial charge in [0.1, 0.15) is 5.82 Å². The van der Waals surface area contributed by atoms with Gasteiger partial charge in [-0.15, -0.1) is 6.42 Å². The minimum absolute atomic E-state index is 0.149. The molecule has 1 heterocycles. The summed E-state index contributed by atoms with van der Waals surface area (Å²) in [4.78, 5) is 13.9. The summed E-state index contributed by atoms with van der Waals surface area (Å²) in [6, 6.07) is 5.64. The van der Waals surface area contributed by atoms with Crippen molar-refractivity contribution < 1.29 is 17.6 Å². The minimum Gasteiger partial charge on any atom is -0.338 e. The molecule has 1 fully saturated rings. The average Bonchev–Trinajstić information content (AvgIpc) is 2.60. The van der Waals surface area contributed by atoms with Gasteiger partial charge in [-0.05, 0) is 36.5 Å². The van der Waals surface area contributed by atoms with Crippen LogP contribution in [0.3, 0.4) is 0 Å². The van der Waals surface area contributed by atoms with Gasteiger partial charge in [0, 0.05) is 26.2 Å². The van der Waals surface area contributed by atoms with E-state index in [2.05, 4.69) is 11.2 Å². The van der Waals surface area contributed by atoms with Crippen molar-refractivity contribution in [3.05, 3.63) is 35.6 Å². The van der Waals surface area contributed by atoms with Crippen LogP contribution in [-0.2, 0) is 16.6 Å². The van der Waals surface area contributed by atoms with Gasteiger partial charge < -0.3 is 10.2 Å². The number of rotatable bonds is 6. The summed E-state index contributed by atoms with van der Waals surface area (Å²) in [5.41, 5.74) is 0.790. The summed E-state index contributed by atoms with van der Waals surface area (Å²) >= 11 is 0. The normalized spacial score (nSPS) is 16.0. The highest BCUT2D eigenvalue weighted by Gasteiger charge is 2.25. The largest absolute Gasteiger partial charge is 0.338 e. The highest BCUT2D eigenvalue weighted by Crippen LogP contribution is 2.18. The van der Waals surface area contributed by atoms with Crippen molar-refractivity contribution in [3.63, 3.8) is 0 Å². The molecule has 0 unspecified atom stereocenters. The third-order valence-corrected chi connectivity index (χ3v) is 5.74. The van der Waals surface area contributed by atoms with Crippen LogP contribution in [0, 0.1) is 24.1 Å². The molecule has 1 aromatic rings. The number of piperidine rings is 1. The van der Waals surface area contributed by atoms with Crippen molar-refractivity contribution >= 4 is 16.1 Å². The van der Waals surface area contributed by atoms with E-state index < -0.39 is 10.0 Å². The van der Waals surface area contributed by atoms with Crippen molar-refractivity contribution in [1.82, 2.24) is 14.5 Å². The smallest absolute Gasteiger partial charge is 0.318 e. The van der Waals surface area contributed by atoms with Crippen LogP contribution >= 0.6 is 0 Å². The van der Waals surface area contributed by atoms with Gasteiger partial charge in [0.15, 0.2) is 0 Å². The predicted molar refractivity (Wildman–Crippen MR) is 98.2 cm³/mol. The molecule has 26 heavy (non-hydrogen) atoms. The topological polar surface area (TPSA) is 69.7 Å². The van der Waals surface area contributed by atoms with Gasteiger partial charge in [0.05, 0.1) is 12.8 Å². The van der Waals surface area contributed by atoms with E-state index in [4.69, 9.17) is 6.42 Å². The molecule has 142 valence electrons. The lowest BCUT2D eigenvalue weighted by Gasteiger charge is -2.31. The van der Waals surface area contributed by atoms with Crippen LogP contribution in [0.1, 0.15) is 18.4 Å². The molecule has 6 nitrogen and oxygen atoms in total. The Morgan fingerprint density at radius 1 is 1.35 bits per heavy atom. The molecule has 0 spiro atoms. The Labute approximate surface area is 154 Å². The van der Waals surface area contributed by atoms with Crippen molar-refractivity contribution in [2.45, 2.75) is 19.4 Å². The number of halogens is 1. The fourth-order valence-corrected chi connectivity index (χ4v) is 3.78. The number of hydrogen-bond donors (Lipinski definition) is 1. The zero-order valence-corrected chi connectivity index (χ0v) is 15.6. The molecular weight excluding hydrogens is 357 g/mol. The van der Waals surface area contributed by atoms with Crippen LogP contribution in [0.5, 0.6) is 0 Å². The van der Waals surface area contributed by atoms with Crippen LogP contribution < -0.4 is 5.32 Å². The molecule has 0 aliphatic carbocycles. The van der Waals surface area contributed by atoms with E-state index in [0.717, 1.165) is 5.56 Å². The van der Waals surface area contributed by atoms with Crippen LogP contribution in [-0.4, -0.2) is 56.1 Å². The summed E-state index contributed by atoms with van der Waals surface area (Å²) in [5, 5.41) is 2.87. The van der Waals surface area contributed by atoms with Crippen molar-refractivity contribution in [3.8, 4) is 12.3 Å². The average molecular weight is 381 g/mol. The number of terminal acetylenes is 1. The molecule has 1 N–H and O–H groups in total.